The summed E-state index contributed by atoms with van der Waals surface area (Å²) in [7, 11) is -2.00. The number of H-pyrrole nitrogens is 1. The Hall–Kier alpha value is -3.66. The van der Waals surface area contributed by atoms with Crippen molar-refractivity contribution >= 4 is 26.5 Å². The Morgan fingerprint density at radius 3 is 2.67 bits per heavy atom. The van der Waals surface area contributed by atoms with E-state index in [2.05, 4.69) is 16.3 Å². The van der Waals surface area contributed by atoms with E-state index in [1.807, 2.05) is 0 Å². The first-order chi connectivity index (χ1) is 15.6. The minimum atomic E-state index is -3.57. The van der Waals surface area contributed by atoms with Gasteiger partial charge in [0, 0.05) is 47.7 Å². The molecule has 0 spiro atoms. The van der Waals surface area contributed by atoms with Gasteiger partial charge in [0.25, 0.3) is 5.56 Å². The van der Waals surface area contributed by atoms with Gasteiger partial charge >= 0.3 is 0 Å². The normalized spacial score (nSPS) is 13.1. The van der Waals surface area contributed by atoms with Crippen LogP contribution >= 0.6 is 0 Å². The van der Waals surface area contributed by atoms with Crippen molar-refractivity contribution in [2.24, 2.45) is 7.05 Å². The lowest BCUT2D eigenvalue weighted by atomic mass is 10.0. The molecular formula is C23H23F2N3O4S. The molecule has 0 radical (unpaired) electrons. The molecule has 2 N–H and O–H groups in total. The molecule has 33 heavy (non-hydrogen) atoms. The van der Waals surface area contributed by atoms with Gasteiger partial charge in [-0.15, -0.1) is 0 Å². The molecular weight excluding hydrogens is 452 g/mol. The highest BCUT2D eigenvalue weighted by Gasteiger charge is 2.17. The number of aryl methyl sites for hydroxylation is 1. The number of hydrogen-bond acceptors (Lipinski definition) is 4. The van der Waals surface area contributed by atoms with Gasteiger partial charge in [-0.3, -0.25) is 9.52 Å². The van der Waals surface area contributed by atoms with Crippen LogP contribution in [0, 0.1) is 11.6 Å². The monoisotopic (exact) mass is 475 g/mol. The fourth-order valence-electron chi connectivity index (χ4n) is 3.21. The second kappa shape index (κ2) is 9.45. The molecule has 0 saturated heterocycles. The smallest absolute Gasteiger partial charge is 0.274 e. The van der Waals surface area contributed by atoms with Gasteiger partial charge in [-0.2, -0.15) is 0 Å². The molecule has 0 aliphatic heterocycles. The van der Waals surface area contributed by atoms with Gasteiger partial charge in [0.2, 0.25) is 10.0 Å². The topological polar surface area (TPSA) is 93.2 Å². The van der Waals surface area contributed by atoms with E-state index in [1.54, 1.807) is 32.4 Å². The van der Waals surface area contributed by atoms with Crippen LogP contribution in [0.2, 0.25) is 0 Å². The highest BCUT2D eigenvalue weighted by atomic mass is 32.2. The number of fused-ring (bicyclic) bond motifs is 1. The molecule has 7 nitrogen and oxygen atoms in total. The van der Waals surface area contributed by atoms with Crippen molar-refractivity contribution in [3.05, 3.63) is 94.4 Å². The van der Waals surface area contributed by atoms with Gasteiger partial charge in [-0.05, 0) is 44.2 Å². The summed E-state index contributed by atoms with van der Waals surface area (Å²) in [4.78, 5) is 15.4. The first kappa shape index (κ1) is 24.0. The predicted molar refractivity (Wildman–Crippen MR) is 124 cm³/mol. The third kappa shape index (κ3) is 5.23. The average Bonchev–Trinajstić information content (AvgIpc) is 3.24. The molecule has 0 aliphatic rings. The van der Waals surface area contributed by atoms with Crippen LogP contribution in [0.25, 0.3) is 16.5 Å². The molecule has 0 saturated carbocycles. The molecule has 0 fully saturated rings. The molecule has 2 heterocycles. The fourth-order valence-corrected chi connectivity index (χ4v) is 3.91. The van der Waals surface area contributed by atoms with Gasteiger partial charge in [-0.25, -0.2) is 17.2 Å². The van der Waals surface area contributed by atoms with Gasteiger partial charge < -0.3 is 14.3 Å². The van der Waals surface area contributed by atoms with Crippen molar-refractivity contribution in [2.45, 2.75) is 13.8 Å². The number of allylic oxidation sites excluding steroid dienone is 4. The molecule has 0 amide bonds. The molecule has 174 valence electrons. The average molecular weight is 476 g/mol. The van der Waals surface area contributed by atoms with Crippen LogP contribution in [-0.2, 0) is 17.1 Å². The number of ether oxygens (including phenoxy) is 1. The lowest BCUT2D eigenvalue weighted by Gasteiger charge is -2.15. The Bertz CT molecular complexity index is 1450. The molecule has 0 unspecified atom stereocenters. The first-order valence-corrected chi connectivity index (χ1v) is 11.6. The number of aromatic nitrogens is 2. The zero-order valence-corrected chi connectivity index (χ0v) is 19.1. The summed E-state index contributed by atoms with van der Waals surface area (Å²) in [6, 6.07) is 4.55. The summed E-state index contributed by atoms with van der Waals surface area (Å²) in [6.07, 6.45) is 5.97. The van der Waals surface area contributed by atoms with Crippen LogP contribution in [-0.4, -0.2) is 23.7 Å². The maximum absolute atomic E-state index is 14.3. The van der Waals surface area contributed by atoms with Crippen LogP contribution in [0.1, 0.15) is 19.4 Å². The van der Waals surface area contributed by atoms with Gasteiger partial charge in [0.1, 0.15) is 17.1 Å². The summed E-state index contributed by atoms with van der Waals surface area (Å²) >= 11 is 0. The van der Waals surface area contributed by atoms with Crippen LogP contribution in [0.3, 0.4) is 0 Å². The molecule has 0 aliphatic carbocycles. The summed E-state index contributed by atoms with van der Waals surface area (Å²) in [5.41, 5.74) is 1.14. The molecule has 3 aromatic rings. The summed E-state index contributed by atoms with van der Waals surface area (Å²) < 4.78 is 61.2. The Morgan fingerprint density at radius 2 is 2.03 bits per heavy atom. The molecule has 3 rings (SSSR count). The van der Waals surface area contributed by atoms with E-state index in [4.69, 9.17) is 4.74 Å². The third-order valence-electron chi connectivity index (χ3n) is 4.81. The fraction of sp³-hybridized carbons (Fsp3) is 0.174. The zero-order valence-electron chi connectivity index (χ0n) is 18.3. The largest absolute Gasteiger partial charge is 0.454 e. The van der Waals surface area contributed by atoms with Crippen LogP contribution in [0.15, 0.2) is 71.6 Å². The molecule has 10 heteroatoms. The van der Waals surface area contributed by atoms with Crippen LogP contribution < -0.4 is 15.0 Å². The zero-order chi connectivity index (χ0) is 24.3. The predicted octanol–water partition coefficient (Wildman–Crippen LogP) is 3.96. The number of halogens is 2. The van der Waals surface area contributed by atoms with Gasteiger partial charge in [0.05, 0.1) is 5.75 Å². The van der Waals surface area contributed by atoms with Crippen molar-refractivity contribution in [2.75, 3.05) is 5.75 Å². The van der Waals surface area contributed by atoms with Crippen molar-refractivity contribution in [3.63, 3.8) is 0 Å². The summed E-state index contributed by atoms with van der Waals surface area (Å²) in [5, 5.41) is 0.540. The van der Waals surface area contributed by atoms with Gasteiger partial charge in [-0.1, -0.05) is 6.58 Å². The molecule has 0 bridgehead atoms. The van der Waals surface area contributed by atoms with E-state index in [0.717, 1.165) is 12.1 Å². The Morgan fingerprint density at radius 1 is 1.30 bits per heavy atom. The molecule has 2 aromatic heterocycles. The second-order valence-corrected chi connectivity index (χ2v) is 9.23. The van der Waals surface area contributed by atoms with E-state index >= 15 is 0 Å². The summed E-state index contributed by atoms with van der Waals surface area (Å²) in [5.74, 6) is -2.00. The van der Waals surface area contributed by atoms with E-state index in [1.165, 1.54) is 23.6 Å². The Labute approximate surface area is 189 Å². The highest BCUT2D eigenvalue weighted by Crippen LogP contribution is 2.30. The lowest BCUT2D eigenvalue weighted by molar-refractivity contribution is 0.411. The Balaban J connectivity index is 2.29. The van der Waals surface area contributed by atoms with E-state index in [0.29, 0.717) is 28.1 Å². The van der Waals surface area contributed by atoms with Crippen LogP contribution in [0.5, 0.6) is 5.75 Å². The van der Waals surface area contributed by atoms with Gasteiger partial charge in [0.15, 0.2) is 11.6 Å². The minimum absolute atomic E-state index is 0.0664. The maximum Gasteiger partial charge on any atom is 0.274 e. The number of aromatic amines is 1. The molecule has 1 aromatic carbocycles. The van der Waals surface area contributed by atoms with Crippen LogP contribution in [0.4, 0.5) is 8.78 Å². The highest BCUT2D eigenvalue weighted by molar-refractivity contribution is 7.89. The lowest BCUT2D eigenvalue weighted by Crippen LogP contribution is -2.23. The van der Waals surface area contributed by atoms with E-state index in [9.17, 15) is 22.0 Å². The number of sulfonamides is 1. The number of nitrogens with one attached hydrogen (secondary N) is 2. The third-order valence-corrected chi connectivity index (χ3v) is 6.20. The van der Waals surface area contributed by atoms with Crippen molar-refractivity contribution in [1.29, 1.82) is 0 Å². The SMILES string of the molecule is C=C/C(Oc1ccc(F)cc1F)=C(\C=C(/C)NS(=O)(=O)CC)c1cn(C)c(=O)c2[nH]ccc12. The standard InChI is InChI=1S/C23H23F2N3O4S/c1-5-20(32-21-8-7-15(24)12-19(21)25)17(11-14(3)27-33(30,31)6-2)18-13-28(4)23(29)22-16(18)9-10-26-22/h5,7-13,26-27H,1,6H2,2-4H3/b14-11+,20-17-. The molecule has 0 atom stereocenters. The summed E-state index contributed by atoms with van der Waals surface area (Å²) in [6.45, 7) is 6.78. The quantitative estimate of drug-likeness (QED) is 0.381. The minimum Gasteiger partial charge on any atom is -0.454 e. The Kier molecular flexibility index (Phi) is 6.87. The number of pyridine rings is 1. The van der Waals surface area contributed by atoms with E-state index in [-0.39, 0.29) is 28.5 Å². The number of rotatable bonds is 8. The van der Waals surface area contributed by atoms with Crippen molar-refractivity contribution in [3.8, 4) is 5.75 Å². The van der Waals surface area contributed by atoms with E-state index < -0.39 is 21.7 Å². The second-order valence-electron chi connectivity index (χ2n) is 7.22. The first-order valence-electron chi connectivity index (χ1n) is 9.91. The number of hydrogen-bond donors (Lipinski definition) is 2. The number of nitrogens with zero attached hydrogens (tertiary/aromatic N) is 1. The van der Waals surface area contributed by atoms with Crippen molar-refractivity contribution < 1.29 is 21.9 Å². The number of benzene rings is 1. The van der Waals surface area contributed by atoms with Crippen molar-refractivity contribution in [1.82, 2.24) is 14.3 Å². The maximum atomic E-state index is 14.3.